The van der Waals surface area contributed by atoms with Crippen molar-refractivity contribution in [3.63, 3.8) is 0 Å². The lowest BCUT2D eigenvalue weighted by Crippen LogP contribution is -2.21. The monoisotopic (exact) mass is 230 g/mol. The molecule has 0 spiro atoms. The molecule has 90 valence electrons. The van der Waals surface area contributed by atoms with Gasteiger partial charge < -0.3 is 10.2 Å². The lowest BCUT2D eigenvalue weighted by atomic mass is 9.99. The van der Waals surface area contributed by atoms with Gasteiger partial charge in [0.1, 0.15) is 0 Å². The number of amides is 1. The van der Waals surface area contributed by atoms with Crippen LogP contribution in [-0.4, -0.2) is 38.0 Å². The summed E-state index contributed by atoms with van der Waals surface area (Å²) in [6.07, 6.45) is 3.27. The van der Waals surface area contributed by atoms with Crippen LogP contribution in [-0.2, 0) is 0 Å². The van der Waals surface area contributed by atoms with Crippen molar-refractivity contribution in [3.8, 4) is 0 Å². The Morgan fingerprint density at radius 3 is 2.47 bits per heavy atom. The van der Waals surface area contributed by atoms with Crippen LogP contribution in [0.4, 0.5) is 0 Å². The maximum Gasteiger partial charge on any atom is 0.253 e. The first-order valence-electron chi connectivity index (χ1n) is 5.90. The molecular formula is C14H18N2O. The van der Waals surface area contributed by atoms with Gasteiger partial charge in [0.2, 0.25) is 0 Å². The van der Waals surface area contributed by atoms with Gasteiger partial charge in [-0.3, -0.25) is 4.79 Å². The maximum atomic E-state index is 11.7. The van der Waals surface area contributed by atoms with Crippen molar-refractivity contribution < 1.29 is 4.79 Å². The van der Waals surface area contributed by atoms with Crippen LogP contribution in [0.2, 0.25) is 0 Å². The van der Waals surface area contributed by atoms with Crippen LogP contribution in [0.1, 0.15) is 22.3 Å². The summed E-state index contributed by atoms with van der Waals surface area (Å²) in [5.74, 6) is 0.0517. The molecule has 1 aromatic carbocycles. The van der Waals surface area contributed by atoms with E-state index in [0.717, 1.165) is 25.1 Å². The minimum absolute atomic E-state index is 0.0517. The van der Waals surface area contributed by atoms with Crippen LogP contribution in [0.3, 0.4) is 0 Å². The first-order valence-corrected chi connectivity index (χ1v) is 5.90. The number of hydrogen-bond acceptors (Lipinski definition) is 2. The Balaban J connectivity index is 2.18. The van der Waals surface area contributed by atoms with Crippen molar-refractivity contribution >= 4 is 11.5 Å². The third-order valence-electron chi connectivity index (χ3n) is 2.97. The van der Waals surface area contributed by atoms with Gasteiger partial charge in [-0.1, -0.05) is 18.2 Å². The first kappa shape index (κ1) is 11.9. The number of nitrogens with zero attached hydrogens (tertiary/aromatic N) is 1. The fourth-order valence-corrected chi connectivity index (χ4v) is 1.97. The van der Waals surface area contributed by atoms with E-state index in [1.165, 1.54) is 11.1 Å². The summed E-state index contributed by atoms with van der Waals surface area (Å²) in [5.41, 5.74) is 3.34. The van der Waals surface area contributed by atoms with Crippen LogP contribution in [0.5, 0.6) is 0 Å². The molecule has 0 aliphatic carbocycles. The highest BCUT2D eigenvalue weighted by Gasteiger charge is 2.09. The fourth-order valence-electron chi connectivity index (χ4n) is 1.97. The number of benzene rings is 1. The second-order valence-electron chi connectivity index (χ2n) is 4.46. The van der Waals surface area contributed by atoms with Crippen molar-refractivity contribution in [2.24, 2.45) is 0 Å². The SMILES string of the molecule is CN(C)C(=O)c1ccc(C2=CCNCC2)cc1. The summed E-state index contributed by atoms with van der Waals surface area (Å²) >= 11 is 0. The lowest BCUT2D eigenvalue weighted by molar-refractivity contribution is 0.0827. The first-order chi connectivity index (χ1) is 8.18. The second-order valence-corrected chi connectivity index (χ2v) is 4.46. The zero-order chi connectivity index (χ0) is 12.3. The summed E-state index contributed by atoms with van der Waals surface area (Å²) in [6.45, 7) is 1.97. The summed E-state index contributed by atoms with van der Waals surface area (Å²) in [4.78, 5) is 13.3. The average Bonchev–Trinajstić information content (AvgIpc) is 2.39. The van der Waals surface area contributed by atoms with Crippen LogP contribution >= 0.6 is 0 Å². The Kier molecular flexibility index (Phi) is 3.59. The summed E-state index contributed by atoms with van der Waals surface area (Å²) < 4.78 is 0. The average molecular weight is 230 g/mol. The highest BCUT2D eigenvalue weighted by atomic mass is 16.2. The van der Waals surface area contributed by atoms with E-state index in [0.29, 0.717) is 0 Å². The van der Waals surface area contributed by atoms with Gasteiger partial charge in [0.05, 0.1) is 0 Å². The second kappa shape index (κ2) is 5.15. The van der Waals surface area contributed by atoms with Gasteiger partial charge in [-0.25, -0.2) is 0 Å². The maximum absolute atomic E-state index is 11.7. The minimum Gasteiger partial charge on any atom is -0.345 e. The molecule has 0 bridgehead atoms. The molecule has 0 atom stereocenters. The van der Waals surface area contributed by atoms with Crippen LogP contribution in [0.15, 0.2) is 30.3 Å². The third-order valence-corrected chi connectivity index (χ3v) is 2.97. The number of rotatable bonds is 2. The normalized spacial score (nSPS) is 15.3. The minimum atomic E-state index is 0.0517. The predicted molar refractivity (Wildman–Crippen MR) is 69.9 cm³/mol. The molecule has 1 heterocycles. The molecule has 3 nitrogen and oxygen atoms in total. The molecular weight excluding hydrogens is 212 g/mol. The molecule has 1 aliphatic rings. The molecule has 0 aromatic heterocycles. The number of carbonyl (C=O) groups excluding carboxylic acids is 1. The van der Waals surface area contributed by atoms with Gasteiger partial charge in [0, 0.05) is 26.2 Å². The zero-order valence-electron chi connectivity index (χ0n) is 10.4. The van der Waals surface area contributed by atoms with Gasteiger partial charge in [-0.05, 0) is 36.2 Å². The standard InChI is InChI=1S/C14H18N2O/c1-16(2)14(17)13-5-3-11(4-6-13)12-7-9-15-10-8-12/h3-7,15H,8-10H2,1-2H3. The smallest absolute Gasteiger partial charge is 0.253 e. The summed E-state index contributed by atoms with van der Waals surface area (Å²) in [5, 5.41) is 3.29. The van der Waals surface area contributed by atoms with E-state index in [9.17, 15) is 4.79 Å². The molecule has 1 amide bonds. The van der Waals surface area contributed by atoms with E-state index in [4.69, 9.17) is 0 Å². The largest absolute Gasteiger partial charge is 0.345 e. The van der Waals surface area contributed by atoms with E-state index < -0.39 is 0 Å². The topological polar surface area (TPSA) is 32.3 Å². The Morgan fingerprint density at radius 1 is 1.24 bits per heavy atom. The van der Waals surface area contributed by atoms with Crippen LogP contribution in [0.25, 0.3) is 5.57 Å². The Morgan fingerprint density at radius 2 is 1.94 bits per heavy atom. The Hall–Kier alpha value is -1.61. The molecule has 0 fully saturated rings. The molecule has 1 N–H and O–H groups in total. The molecule has 2 rings (SSSR count). The molecule has 1 aromatic rings. The molecule has 1 aliphatic heterocycles. The van der Waals surface area contributed by atoms with Gasteiger partial charge in [0.25, 0.3) is 5.91 Å². The number of hydrogen-bond donors (Lipinski definition) is 1. The summed E-state index contributed by atoms with van der Waals surface area (Å²) in [6, 6.07) is 7.88. The van der Waals surface area contributed by atoms with Crippen molar-refractivity contribution in [2.45, 2.75) is 6.42 Å². The number of nitrogens with one attached hydrogen (secondary N) is 1. The molecule has 0 unspecified atom stereocenters. The highest BCUT2D eigenvalue weighted by molar-refractivity contribution is 5.94. The quantitative estimate of drug-likeness (QED) is 0.839. The van der Waals surface area contributed by atoms with E-state index in [1.807, 2.05) is 24.3 Å². The van der Waals surface area contributed by atoms with Crippen molar-refractivity contribution in [1.29, 1.82) is 0 Å². The third kappa shape index (κ3) is 2.74. The van der Waals surface area contributed by atoms with Crippen molar-refractivity contribution in [3.05, 3.63) is 41.5 Å². The van der Waals surface area contributed by atoms with Crippen molar-refractivity contribution in [1.82, 2.24) is 10.2 Å². The van der Waals surface area contributed by atoms with Gasteiger partial charge in [-0.2, -0.15) is 0 Å². The Labute approximate surface area is 102 Å². The predicted octanol–water partition coefficient (Wildman–Crippen LogP) is 1.77. The molecule has 0 saturated carbocycles. The highest BCUT2D eigenvalue weighted by Crippen LogP contribution is 2.20. The number of carbonyl (C=O) groups is 1. The van der Waals surface area contributed by atoms with E-state index in [2.05, 4.69) is 11.4 Å². The van der Waals surface area contributed by atoms with Crippen molar-refractivity contribution in [2.75, 3.05) is 27.2 Å². The van der Waals surface area contributed by atoms with E-state index in [1.54, 1.807) is 19.0 Å². The fraction of sp³-hybridized carbons (Fsp3) is 0.357. The van der Waals surface area contributed by atoms with Gasteiger partial charge >= 0.3 is 0 Å². The molecule has 17 heavy (non-hydrogen) atoms. The summed E-state index contributed by atoms with van der Waals surface area (Å²) in [7, 11) is 3.54. The molecule has 3 heteroatoms. The van der Waals surface area contributed by atoms with Crippen LogP contribution < -0.4 is 5.32 Å². The zero-order valence-corrected chi connectivity index (χ0v) is 10.4. The van der Waals surface area contributed by atoms with Gasteiger partial charge in [0.15, 0.2) is 0 Å². The Bertz CT molecular complexity index is 432. The van der Waals surface area contributed by atoms with Crippen LogP contribution in [0, 0.1) is 0 Å². The van der Waals surface area contributed by atoms with Gasteiger partial charge in [-0.15, -0.1) is 0 Å². The van der Waals surface area contributed by atoms with E-state index in [-0.39, 0.29) is 5.91 Å². The molecule has 0 saturated heterocycles. The van der Waals surface area contributed by atoms with E-state index >= 15 is 0 Å². The molecule has 0 radical (unpaired) electrons. The lowest BCUT2D eigenvalue weighted by Gasteiger charge is -2.15.